The zero-order valence-electron chi connectivity index (χ0n) is 35.9. The lowest BCUT2D eigenvalue weighted by Gasteiger charge is -2.21. The zero-order valence-corrected chi connectivity index (χ0v) is 35.9. The molecule has 0 rings (SSSR count). The summed E-state index contributed by atoms with van der Waals surface area (Å²) in [5.41, 5.74) is 0. The van der Waals surface area contributed by atoms with E-state index in [1.807, 2.05) is 6.08 Å². The summed E-state index contributed by atoms with van der Waals surface area (Å²) in [4.78, 5) is 12.5. The van der Waals surface area contributed by atoms with Gasteiger partial charge in [-0.05, 0) is 19.3 Å². The highest BCUT2D eigenvalue weighted by Gasteiger charge is 2.22. The number of hydrogen-bond acceptors (Lipinski definition) is 4. The maximum atomic E-state index is 12.5. The van der Waals surface area contributed by atoms with Gasteiger partial charge in [0.1, 0.15) is 6.10 Å². The monoisotopic (exact) mass is 750 g/mol. The number of nitrogens with one attached hydrogen (secondary N) is 1. The smallest absolute Gasteiger partial charge is 0.249 e. The first-order chi connectivity index (χ1) is 26.1. The van der Waals surface area contributed by atoms with Crippen molar-refractivity contribution in [2.45, 2.75) is 283 Å². The first-order valence-corrected chi connectivity index (χ1v) is 24.0. The molecule has 0 aliphatic heterocycles. The van der Waals surface area contributed by atoms with Crippen molar-refractivity contribution in [1.82, 2.24) is 5.32 Å². The molecule has 1 amide bonds. The van der Waals surface area contributed by atoms with Gasteiger partial charge in [-0.3, -0.25) is 4.79 Å². The molecule has 0 bridgehead atoms. The molecular weight excluding hydrogens is 655 g/mol. The first-order valence-electron chi connectivity index (χ1n) is 24.0. The van der Waals surface area contributed by atoms with Crippen LogP contribution in [0.25, 0.3) is 0 Å². The molecule has 5 nitrogen and oxygen atoms in total. The molecule has 0 heterocycles. The second-order valence-electron chi connectivity index (χ2n) is 16.7. The van der Waals surface area contributed by atoms with Crippen LogP contribution in [0.1, 0.15) is 264 Å². The average molecular weight is 750 g/mol. The third-order valence-corrected chi connectivity index (χ3v) is 11.4. The highest BCUT2D eigenvalue weighted by molar-refractivity contribution is 5.80. The van der Waals surface area contributed by atoms with E-state index in [2.05, 4.69) is 19.2 Å². The molecule has 0 aromatic heterocycles. The molecule has 0 fully saturated rings. The summed E-state index contributed by atoms with van der Waals surface area (Å²) < 4.78 is 0. The zero-order chi connectivity index (χ0) is 38.7. The Balaban J connectivity index is 3.54. The molecule has 3 unspecified atom stereocenters. The minimum atomic E-state index is -1.09. The fourth-order valence-electron chi connectivity index (χ4n) is 7.60. The van der Waals surface area contributed by atoms with Crippen LogP contribution in [0.2, 0.25) is 0 Å². The second-order valence-corrected chi connectivity index (χ2v) is 16.7. The molecule has 316 valence electrons. The van der Waals surface area contributed by atoms with Crippen molar-refractivity contribution in [3.63, 3.8) is 0 Å². The summed E-state index contributed by atoms with van der Waals surface area (Å²) in [6.07, 6.45) is 52.6. The van der Waals surface area contributed by atoms with Gasteiger partial charge in [0.15, 0.2) is 0 Å². The molecule has 4 N–H and O–H groups in total. The van der Waals surface area contributed by atoms with Gasteiger partial charge in [-0.15, -0.1) is 0 Å². The van der Waals surface area contributed by atoms with E-state index in [0.29, 0.717) is 6.42 Å². The van der Waals surface area contributed by atoms with E-state index in [4.69, 9.17) is 0 Å². The number of allylic oxidation sites excluding steroid dienone is 1. The Morgan fingerprint density at radius 2 is 0.736 bits per heavy atom. The van der Waals surface area contributed by atoms with Crippen molar-refractivity contribution in [2.24, 2.45) is 0 Å². The molecule has 3 atom stereocenters. The highest BCUT2D eigenvalue weighted by Crippen LogP contribution is 2.17. The average Bonchev–Trinajstić information content (AvgIpc) is 3.16. The van der Waals surface area contributed by atoms with Crippen molar-refractivity contribution in [1.29, 1.82) is 0 Å². The minimum absolute atomic E-state index is 0.359. The van der Waals surface area contributed by atoms with Gasteiger partial charge in [0, 0.05) is 0 Å². The first kappa shape index (κ1) is 52.1. The minimum Gasteiger partial charge on any atom is -0.394 e. The summed E-state index contributed by atoms with van der Waals surface area (Å²) in [5.74, 6) is -0.499. The fourth-order valence-corrected chi connectivity index (χ4v) is 7.60. The Labute approximate surface area is 331 Å². The number of rotatable bonds is 44. The third-order valence-electron chi connectivity index (χ3n) is 11.4. The van der Waals surface area contributed by atoms with Gasteiger partial charge in [0.05, 0.1) is 18.8 Å². The second kappa shape index (κ2) is 43.8. The molecule has 0 aromatic rings. The van der Waals surface area contributed by atoms with E-state index in [-0.39, 0.29) is 6.61 Å². The summed E-state index contributed by atoms with van der Waals surface area (Å²) in [5, 5.41) is 33.2. The number of aliphatic hydroxyl groups excluding tert-OH is 3. The quantitative estimate of drug-likeness (QED) is 0.0369. The van der Waals surface area contributed by atoms with Crippen molar-refractivity contribution in [3.05, 3.63) is 12.2 Å². The molecule has 0 aromatic carbocycles. The van der Waals surface area contributed by atoms with Crippen molar-refractivity contribution < 1.29 is 20.1 Å². The van der Waals surface area contributed by atoms with Gasteiger partial charge in [0.2, 0.25) is 5.91 Å². The molecule has 0 spiro atoms. The summed E-state index contributed by atoms with van der Waals surface area (Å²) in [6, 6.07) is -0.792. The van der Waals surface area contributed by atoms with Gasteiger partial charge in [-0.2, -0.15) is 0 Å². The molecule has 0 aliphatic carbocycles. The third kappa shape index (κ3) is 39.1. The standard InChI is InChI=1S/C48H95NO4/c1-3-5-7-9-11-13-15-17-18-19-20-21-22-23-24-25-26-27-28-29-31-33-35-37-39-41-43-47(52)48(53)49-45(44-50)46(51)42-40-38-36-34-32-30-16-14-12-10-8-6-4-2/h40,42,45-47,50-52H,3-39,41,43-44H2,1-2H3,(H,49,53)/b42-40+. The van der Waals surface area contributed by atoms with E-state index in [0.717, 1.165) is 32.1 Å². The summed E-state index contributed by atoms with van der Waals surface area (Å²) in [6.45, 7) is 4.20. The van der Waals surface area contributed by atoms with Crippen LogP contribution in [-0.4, -0.2) is 46.1 Å². The lowest BCUT2D eigenvalue weighted by molar-refractivity contribution is -0.131. The molecule has 0 aliphatic rings. The molecular formula is C48H95NO4. The molecule has 0 saturated carbocycles. The van der Waals surface area contributed by atoms with E-state index >= 15 is 0 Å². The van der Waals surface area contributed by atoms with Crippen LogP contribution < -0.4 is 5.32 Å². The largest absolute Gasteiger partial charge is 0.394 e. The lowest BCUT2D eigenvalue weighted by Crippen LogP contribution is -2.48. The Morgan fingerprint density at radius 3 is 1.04 bits per heavy atom. The normalized spacial score (nSPS) is 13.5. The van der Waals surface area contributed by atoms with Crippen LogP contribution in [0, 0.1) is 0 Å². The summed E-state index contributed by atoms with van der Waals surface area (Å²) >= 11 is 0. The van der Waals surface area contributed by atoms with Crippen molar-refractivity contribution >= 4 is 5.91 Å². The van der Waals surface area contributed by atoms with E-state index in [9.17, 15) is 20.1 Å². The Bertz CT molecular complexity index is 743. The fraction of sp³-hybridized carbons (Fsp3) is 0.938. The number of aliphatic hydroxyl groups is 3. The van der Waals surface area contributed by atoms with Crippen LogP contribution >= 0.6 is 0 Å². The Morgan fingerprint density at radius 1 is 0.453 bits per heavy atom. The van der Waals surface area contributed by atoms with Crippen molar-refractivity contribution in [2.75, 3.05) is 6.61 Å². The number of carbonyl (C=O) groups excluding carboxylic acids is 1. The van der Waals surface area contributed by atoms with Crippen LogP contribution in [0.4, 0.5) is 0 Å². The van der Waals surface area contributed by atoms with Crippen molar-refractivity contribution in [3.8, 4) is 0 Å². The lowest BCUT2D eigenvalue weighted by atomic mass is 10.0. The van der Waals surface area contributed by atoms with E-state index < -0.39 is 24.2 Å². The van der Waals surface area contributed by atoms with Crippen LogP contribution in [-0.2, 0) is 4.79 Å². The molecule has 5 heteroatoms. The van der Waals surface area contributed by atoms with Crippen LogP contribution in [0.5, 0.6) is 0 Å². The molecule has 53 heavy (non-hydrogen) atoms. The summed E-state index contributed by atoms with van der Waals surface area (Å²) in [7, 11) is 0. The van der Waals surface area contributed by atoms with E-state index in [1.54, 1.807) is 6.08 Å². The van der Waals surface area contributed by atoms with Gasteiger partial charge < -0.3 is 20.6 Å². The van der Waals surface area contributed by atoms with E-state index in [1.165, 1.54) is 212 Å². The molecule has 0 saturated heterocycles. The number of hydrogen-bond donors (Lipinski definition) is 4. The molecule has 0 radical (unpaired) electrons. The maximum Gasteiger partial charge on any atom is 0.249 e. The SMILES string of the molecule is CCCCCCCCCCCCC/C=C/C(O)C(CO)NC(=O)C(O)CCCCCCCCCCCCCCCCCCCCCCCCCCCC. The predicted octanol–water partition coefficient (Wildman–Crippen LogP) is 14.0. The Hall–Kier alpha value is -0.910. The Kier molecular flexibility index (Phi) is 43.1. The van der Waals surface area contributed by atoms with Gasteiger partial charge in [-0.25, -0.2) is 0 Å². The topological polar surface area (TPSA) is 89.8 Å². The predicted molar refractivity (Wildman–Crippen MR) is 232 cm³/mol. The highest BCUT2D eigenvalue weighted by atomic mass is 16.3. The van der Waals surface area contributed by atoms with Gasteiger partial charge in [-0.1, -0.05) is 257 Å². The number of unbranched alkanes of at least 4 members (excludes halogenated alkanes) is 36. The van der Waals surface area contributed by atoms with Gasteiger partial charge >= 0.3 is 0 Å². The maximum absolute atomic E-state index is 12.5. The number of amides is 1. The van der Waals surface area contributed by atoms with Gasteiger partial charge in [0.25, 0.3) is 0 Å². The van der Waals surface area contributed by atoms with Crippen LogP contribution in [0.3, 0.4) is 0 Å². The van der Waals surface area contributed by atoms with Crippen LogP contribution in [0.15, 0.2) is 12.2 Å². The number of carbonyl (C=O) groups is 1.